The van der Waals surface area contributed by atoms with Gasteiger partial charge < -0.3 is 21.7 Å². The Balaban J connectivity index is 1.53. The summed E-state index contributed by atoms with van der Waals surface area (Å²) in [5, 5.41) is 3.17. The average molecular weight is 401 g/mol. The Kier molecular flexibility index (Phi) is 6.64. The Labute approximate surface area is 174 Å². The fraction of sp³-hybridized carbons (Fsp3) is 0.652. The van der Waals surface area contributed by atoms with Crippen molar-refractivity contribution in [3.8, 4) is 0 Å². The molecule has 5 atom stereocenters. The Morgan fingerprint density at radius 3 is 2.45 bits per heavy atom. The lowest BCUT2D eigenvalue weighted by Crippen LogP contribution is -2.49. The lowest BCUT2D eigenvalue weighted by atomic mass is 9.88. The summed E-state index contributed by atoms with van der Waals surface area (Å²) in [6, 6.07) is 8.96. The standard InChI is InChI=1S/C23H36N4O2/c1-23(2,3)12-19(25)21(28)26-20-10-9-16-13-27(14-17(16)20)22(29)18(24)11-15-7-5-4-6-8-15/h4-8,16-20H,9-14,24-25H2,1-3H3,(H,26,28)/t16-,17+,18+,19+,20+/m1/s1. The van der Waals surface area contributed by atoms with Crippen LogP contribution in [-0.4, -0.2) is 47.9 Å². The van der Waals surface area contributed by atoms with Crippen LogP contribution in [0.25, 0.3) is 0 Å². The first-order valence-corrected chi connectivity index (χ1v) is 10.8. The van der Waals surface area contributed by atoms with Gasteiger partial charge in [0.15, 0.2) is 0 Å². The molecule has 1 aliphatic heterocycles. The Hall–Kier alpha value is -1.92. The van der Waals surface area contributed by atoms with Crippen LogP contribution in [0.5, 0.6) is 0 Å². The van der Waals surface area contributed by atoms with Gasteiger partial charge in [-0.15, -0.1) is 0 Å². The van der Waals surface area contributed by atoms with E-state index in [4.69, 9.17) is 11.5 Å². The summed E-state index contributed by atoms with van der Waals surface area (Å²) in [5.41, 5.74) is 13.4. The molecular weight excluding hydrogens is 364 g/mol. The van der Waals surface area contributed by atoms with Crippen molar-refractivity contribution >= 4 is 11.8 Å². The summed E-state index contributed by atoms with van der Waals surface area (Å²) in [5.74, 6) is 0.676. The highest BCUT2D eigenvalue weighted by atomic mass is 16.2. The van der Waals surface area contributed by atoms with Crippen LogP contribution in [0.2, 0.25) is 0 Å². The van der Waals surface area contributed by atoms with Gasteiger partial charge in [-0.2, -0.15) is 0 Å². The number of carbonyl (C=O) groups excluding carboxylic acids is 2. The number of nitrogens with zero attached hydrogens (tertiary/aromatic N) is 1. The maximum atomic E-state index is 12.9. The number of hydrogen-bond donors (Lipinski definition) is 3. The summed E-state index contributed by atoms with van der Waals surface area (Å²) in [6.07, 6.45) is 3.19. The van der Waals surface area contributed by atoms with Crippen LogP contribution in [-0.2, 0) is 16.0 Å². The zero-order chi connectivity index (χ0) is 21.2. The van der Waals surface area contributed by atoms with Crippen molar-refractivity contribution in [3.05, 3.63) is 35.9 Å². The molecular formula is C23H36N4O2. The SMILES string of the molecule is CC(C)(C)C[C@H](N)C(=O)N[C@H]1CC[C@@H]2CN(C(=O)[C@@H](N)Cc3ccccc3)C[C@@H]21. The molecule has 2 amide bonds. The van der Waals surface area contributed by atoms with E-state index in [-0.39, 0.29) is 23.3 Å². The van der Waals surface area contributed by atoms with Crippen LogP contribution < -0.4 is 16.8 Å². The summed E-state index contributed by atoms with van der Waals surface area (Å²) in [7, 11) is 0. The van der Waals surface area contributed by atoms with Gasteiger partial charge in [0, 0.05) is 25.0 Å². The van der Waals surface area contributed by atoms with Crippen LogP contribution in [0.4, 0.5) is 0 Å². The highest BCUT2D eigenvalue weighted by molar-refractivity contribution is 5.83. The molecule has 1 saturated heterocycles. The second kappa shape index (κ2) is 8.84. The molecule has 3 rings (SSSR count). The number of carbonyl (C=O) groups is 2. The maximum Gasteiger partial charge on any atom is 0.239 e. The van der Waals surface area contributed by atoms with Crippen molar-refractivity contribution in [1.29, 1.82) is 0 Å². The molecule has 29 heavy (non-hydrogen) atoms. The topological polar surface area (TPSA) is 101 Å². The van der Waals surface area contributed by atoms with Gasteiger partial charge in [0.1, 0.15) is 0 Å². The molecule has 0 radical (unpaired) electrons. The Bertz CT molecular complexity index is 715. The van der Waals surface area contributed by atoms with Crippen molar-refractivity contribution in [1.82, 2.24) is 10.2 Å². The van der Waals surface area contributed by atoms with Crippen molar-refractivity contribution < 1.29 is 9.59 Å². The zero-order valence-electron chi connectivity index (χ0n) is 17.9. The monoisotopic (exact) mass is 400 g/mol. The number of rotatable bonds is 6. The third-order valence-corrected chi connectivity index (χ3v) is 6.28. The second-order valence-electron chi connectivity index (χ2n) is 10.0. The second-order valence-corrected chi connectivity index (χ2v) is 10.0. The summed E-state index contributed by atoms with van der Waals surface area (Å²) >= 11 is 0. The Morgan fingerprint density at radius 2 is 1.79 bits per heavy atom. The zero-order valence-corrected chi connectivity index (χ0v) is 17.9. The van der Waals surface area contributed by atoms with Crippen molar-refractivity contribution in [2.24, 2.45) is 28.7 Å². The molecule has 0 unspecified atom stereocenters. The van der Waals surface area contributed by atoms with Gasteiger partial charge in [0.05, 0.1) is 12.1 Å². The molecule has 6 nitrogen and oxygen atoms in total. The Morgan fingerprint density at radius 1 is 1.10 bits per heavy atom. The molecule has 0 bridgehead atoms. The first-order chi connectivity index (χ1) is 13.6. The van der Waals surface area contributed by atoms with Gasteiger partial charge in [-0.3, -0.25) is 9.59 Å². The largest absolute Gasteiger partial charge is 0.352 e. The van der Waals surface area contributed by atoms with Gasteiger partial charge in [0.25, 0.3) is 0 Å². The van der Waals surface area contributed by atoms with E-state index in [0.29, 0.717) is 31.2 Å². The van der Waals surface area contributed by atoms with E-state index >= 15 is 0 Å². The number of nitrogens with one attached hydrogen (secondary N) is 1. The molecule has 2 aliphatic rings. The molecule has 6 heteroatoms. The van der Waals surface area contributed by atoms with Gasteiger partial charge in [-0.1, -0.05) is 51.1 Å². The minimum atomic E-state index is -0.524. The van der Waals surface area contributed by atoms with Crippen LogP contribution in [0.15, 0.2) is 30.3 Å². The number of nitrogens with two attached hydrogens (primary N) is 2. The fourth-order valence-corrected chi connectivity index (χ4v) is 4.86. The molecule has 160 valence electrons. The minimum Gasteiger partial charge on any atom is -0.352 e. The number of amides is 2. The lowest BCUT2D eigenvalue weighted by molar-refractivity contribution is -0.131. The molecule has 2 fully saturated rings. The lowest BCUT2D eigenvalue weighted by Gasteiger charge is -2.26. The summed E-state index contributed by atoms with van der Waals surface area (Å²) in [4.78, 5) is 27.3. The van der Waals surface area contributed by atoms with Gasteiger partial charge in [-0.25, -0.2) is 0 Å². The van der Waals surface area contributed by atoms with Gasteiger partial charge >= 0.3 is 0 Å². The van der Waals surface area contributed by atoms with E-state index in [1.165, 1.54) is 0 Å². The molecule has 5 N–H and O–H groups in total. The van der Waals surface area contributed by atoms with Crippen LogP contribution in [0.3, 0.4) is 0 Å². The third kappa shape index (κ3) is 5.58. The van der Waals surface area contributed by atoms with E-state index in [9.17, 15) is 9.59 Å². The molecule has 0 aromatic heterocycles. The smallest absolute Gasteiger partial charge is 0.239 e. The predicted molar refractivity (Wildman–Crippen MR) is 115 cm³/mol. The van der Waals surface area contributed by atoms with E-state index < -0.39 is 12.1 Å². The van der Waals surface area contributed by atoms with Crippen molar-refractivity contribution in [2.45, 2.75) is 64.6 Å². The molecule has 1 aromatic carbocycles. The van der Waals surface area contributed by atoms with Gasteiger partial charge in [-0.05, 0) is 42.6 Å². The number of fused-ring (bicyclic) bond motifs is 1. The van der Waals surface area contributed by atoms with Crippen molar-refractivity contribution in [3.63, 3.8) is 0 Å². The summed E-state index contributed by atoms with van der Waals surface area (Å²) < 4.78 is 0. The van der Waals surface area contributed by atoms with Crippen molar-refractivity contribution in [2.75, 3.05) is 13.1 Å². The van der Waals surface area contributed by atoms with Crippen LogP contribution >= 0.6 is 0 Å². The fourth-order valence-electron chi connectivity index (χ4n) is 4.86. The molecule has 1 aliphatic carbocycles. The number of benzene rings is 1. The van der Waals surface area contributed by atoms with E-state index in [2.05, 4.69) is 26.1 Å². The minimum absolute atomic E-state index is 0.0118. The third-order valence-electron chi connectivity index (χ3n) is 6.28. The summed E-state index contributed by atoms with van der Waals surface area (Å²) in [6.45, 7) is 7.68. The first kappa shape index (κ1) is 21.8. The predicted octanol–water partition coefficient (Wildman–Crippen LogP) is 1.67. The molecule has 1 saturated carbocycles. The first-order valence-electron chi connectivity index (χ1n) is 10.8. The van der Waals surface area contributed by atoms with E-state index in [0.717, 1.165) is 24.9 Å². The van der Waals surface area contributed by atoms with Crippen LogP contribution in [0.1, 0.15) is 45.6 Å². The highest BCUT2D eigenvalue weighted by Crippen LogP contribution is 2.38. The van der Waals surface area contributed by atoms with E-state index in [1.807, 2.05) is 35.2 Å². The normalized spacial score (nSPS) is 26.1. The maximum absolute atomic E-state index is 12.9. The van der Waals surface area contributed by atoms with Gasteiger partial charge in [0.2, 0.25) is 11.8 Å². The average Bonchev–Trinajstić information content (AvgIpc) is 3.22. The molecule has 1 aromatic rings. The van der Waals surface area contributed by atoms with E-state index in [1.54, 1.807) is 0 Å². The van der Waals surface area contributed by atoms with Crippen LogP contribution in [0, 0.1) is 17.3 Å². The number of likely N-dealkylation sites (tertiary alicyclic amines) is 1. The number of hydrogen-bond acceptors (Lipinski definition) is 4. The molecule has 0 spiro atoms. The highest BCUT2D eigenvalue weighted by Gasteiger charge is 2.45. The molecule has 1 heterocycles. The quantitative estimate of drug-likeness (QED) is 0.676.